The molecule has 2 amide bonds. The minimum absolute atomic E-state index is 0.163. The molecule has 2 rings (SSSR count). The number of amides is 2. The molecule has 2 atom stereocenters. The van der Waals surface area contributed by atoms with Gasteiger partial charge in [-0.25, -0.2) is 0 Å². The molecule has 2 aliphatic heterocycles. The lowest BCUT2D eigenvalue weighted by atomic mass is 9.95. The van der Waals surface area contributed by atoms with Gasteiger partial charge in [-0.3, -0.25) is 9.59 Å². The van der Waals surface area contributed by atoms with Gasteiger partial charge in [-0.15, -0.1) is 0 Å². The van der Waals surface area contributed by atoms with E-state index in [1.165, 1.54) is 12.8 Å². The Balaban J connectivity index is 2.08. The van der Waals surface area contributed by atoms with Crippen LogP contribution in [0.1, 0.15) is 59.3 Å². The first-order valence-corrected chi connectivity index (χ1v) is 8.19. The first kappa shape index (κ1) is 15.3. The van der Waals surface area contributed by atoms with Crippen molar-refractivity contribution in [2.75, 3.05) is 13.1 Å². The van der Waals surface area contributed by atoms with E-state index < -0.39 is 0 Å². The molecule has 2 aliphatic rings. The Kier molecular flexibility index (Phi) is 5.06. The Bertz CT molecular complexity index is 367. The van der Waals surface area contributed by atoms with Crippen molar-refractivity contribution in [3.05, 3.63) is 0 Å². The molecule has 0 N–H and O–H groups in total. The number of hydrogen-bond acceptors (Lipinski definition) is 2. The highest BCUT2D eigenvalue weighted by Gasteiger charge is 2.48. The smallest absolute Gasteiger partial charge is 0.246 e. The third kappa shape index (κ3) is 2.84. The second-order valence-corrected chi connectivity index (χ2v) is 6.47. The summed E-state index contributed by atoms with van der Waals surface area (Å²) in [5.41, 5.74) is 0. The summed E-state index contributed by atoms with van der Waals surface area (Å²) in [7, 11) is 0. The monoisotopic (exact) mass is 280 g/mol. The zero-order valence-corrected chi connectivity index (χ0v) is 13.1. The van der Waals surface area contributed by atoms with Gasteiger partial charge in [-0.05, 0) is 25.2 Å². The van der Waals surface area contributed by atoms with Gasteiger partial charge < -0.3 is 9.80 Å². The molecule has 2 saturated heterocycles. The van der Waals surface area contributed by atoms with Crippen LogP contribution in [0.25, 0.3) is 0 Å². The van der Waals surface area contributed by atoms with Crippen LogP contribution >= 0.6 is 0 Å². The Morgan fingerprint density at radius 3 is 2.55 bits per heavy atom. The number of carbonyl (C=O) groups excluding carboxylic acids is 2. The second-order valence-electron chi connectivity index (χ2n) is 6.47. The third-order valence-electron chi connectivity index (χ3n) is 4.58. The maximum atomic E-state index is 12.7. The van der Waals surface area contributed by atoms with Gasteiger partial charge in [-0.2, -0.15) is 0 Å². The Labute approximate surface area is 122 Å². The fourth-order valence-corrected chi connectivity index (χ4v) is 3.52. The van der Waals surface area contributed by atoms with Gasteiger partial charge in [0, 0.05) is 13.1 Å². The van der Waals surface area contributed by atoms with Gasteiger partial charge >= 0.3 is 0 Å². The molecule has 0 aromatic carbocycles. The van der Waals surface area contributed by atoms with Gasteiger partial charge in [0.05, 0.1) is 0 Å². The van der Waals surface area contributed by atoms with Gasteiger partial charge in [0.2, 0.25) is 11.8 Å². The molecule has 0 aromatic heterocycles. The summed E-state index contributed by atoms with van der Waals surface area (Å²) in [6, 6.07) is -0.401. The summed E-state index contributed by atoms with van der Waals surface area (Å²) in [5.74, 6) is 0.564. The number of unbranched alkanes of at least 4 members (excludes halogenated alkanes) is 3. The SMILES string of the molecule is CCCCCCN1C(=O)C2CCCN2C(=O)C1C(C)C. The summed E-state index contributed by atoms with van der Waals surface area (Å²) in [6.45, 7) is 7.79. The molecule has 4 nitrogen and oxygen atoms in total. The average molecular weight is 280 g/mol. The molecule has 0 saturated carbocycles. The molecule has 2 unspecified atom stereocenters. The molecule has 2 fully saturated rings. The quantitative estimate of drug-likeness (QED) is 0.701. The van der Waals surface area contributed by atoms with Crippen molar-refractivity contribution in [3.8, 4) is 0 Å². The van der Waals surface area contributed by atoms with Crippen LogP contribution in [0.5, 0.6) is 0 Å². The van der Waals surface area contributed by atoms with E-state index in [1.54, 1.807) is 0 Å². The van der Waals surface area contributed by atoms with Crippen LogP contribution in [0.4, 0.5) is 0 Å². The number of piperazine rings is 1. The molecule has 2 heterocycles. The molecule has 0 radical (unpaired) electrons. The zero-order valence-electron chi connectivity index (χ0n) is 13.1. The summed E-state index contributed by atoms with van der Waals surface area (Å²) in [6.07, 6.45) is 6.38. The topological polar surface area (TPSA) is 40.6 Å². The van der Waals surface area contributed by atoms with Crippen molar-refractivity contribution < 1.29 is 9.59 Å². The molecule has 0 bridgehead atoms. The Morgan fingerprint density at radius 1 is 1.15 bits per heavy atom. The molecule has 0 spiro atoms. The van der Waals surface area contributed by atoms with Crippen molar-refractivity contribution in [2.45, 2.75) is 71.4 Å². The van der Waals surface area contributed by atoms with Gasteiger partial charge in [0.1, 0.15) is 12.1 Å². The fourth-order valence-electron chi connectivity index (χ4n) is 3.52. The Morgan fingerprint density at radius 2 is 1.90 bits per heavy atom. The van der Waals surface area contributed by atoms with E-state index in [4.69, 9.17) is 0 Å². The summed E-state index contributed by atoms with van der Waals surface area (Å²) in [4.78, 5) is 29.0. The van der Waals surface area contributed by atoms with Crippen LogP contribution in [-0.2, 0) is 9.59 Å². The molecular formula is C16H28N2O2. The van der Waals surface area contributed by atoms with Crippen LogP contribution in [-0.4, -0.2) is 46.8 Å². The van der Waals surface area contributed by atoms with Crippen molar-refractivity contribution in [1.82, 2.24) is 9.80 Å². The van der Waals surface area contributed by atoms with Crippen molar-refractivity contribution >= 4 is 11.8 Å². The lowest BCUT2D eigenvalue weighted by molar-refractivity contribution is -0.161. The number of rotatable bonds is 6. The summed E-state index contributed by atoms with van der Waals surface area (Å²) in [5, 5.41) is 0. The van der Waals surface area contributed by atoms with Crippen LogP contribution < -0.4 is 0 Å². The average Bonchev–Trinajstić information content (AvgIpc) is 2.89. The summed E-state index contributed by atoms with van der Waals surface area (Å²) < 4.78 is 0. The summed E-state index contributed by atoms with van der Waals surface area (Å²) >= 11 is 0. The minimum atomic E-state index is -0.238. The normalized spacial score (nSPS) is 26.6. The second kappa shape index (κ2) is 6.59. The van der Waals surface area contributed by atoms with Crippen LogP contribution in [0.2, 0.25) is 0 Å². The number of hydrogen-bond donors (Lipinski definition) is 0. The molecular weight excluding hydrogens is 252 g/mol. The molecule has 0 aromatic rings. The lowest BCUT2D eigenvalue weighted by Gasteiger charge is -2.44. The minimum Gasteiger partial charge on any atom is -0.329 e. The third-order valence-corrected chi connectivity index (χ3v) is 4.58. The van der Waals surface area contributed by atoms with Gasteiger partial charge in [0.15, 0.2) is 0 Å². The zero-order chi connectivity index (χ0) is 14.7. The molecule has 4 heteroatoms. The lowest BCUT2D eigenvalue weighted by Crippen LogP contribution is -2.64. The van der Waals surface area contributed by atoms with Crippen LogP contribution in [0.15, 0.2) is 0 Å². The van der Waals surface area contributed by atoms with E-state index in [1.807, 2.05) is 23.6 Å². The molecule has 0 aliphatic carbocycles. The van der Waals surface area contributed by atoms with E-state index in [0.717, 1.165) is 38.8 Å². The number of fused-ring (bicyclic) bond motifs is 1. The standard InChI is InChI=1S/C16H28N2O2/c1-4-5-6-7-10-18-14(12(2)3)16(20)17-11-8-9-13(17)15(18)19/h12-14H,4-11H2,1-3H3. The Hall–Kier alpha value is -1.06. The maximum Gasteiger partial charge on any atom is 0.246 e. The number of carbonyl (C=O) groups is 2. The molecule has 114 valence electrons. The van der Waals surface area contributed by atoms with Crippen LogP contribution in [0.3, 0.4) is 0 Å². The van der Waals surface area contributed by atoms with E-state index in [-0.39, 0.29) is 29.8 Å². The highest BCUT2D eigenvalue weighted by molar-refractivity contribution is 5.97. The predicted molar refractivity (Wildman–Crippen MR) is 79.2 cm³/mol. The van der Waals surface area contributed by atoms with E-state index >= 15 is 0 Å². The molecule has 20 heavy (non-hydrogen) atoms. The van der Waals surface area contributed by atoms with Crippen LogP contribution in [0, 0.1) is 5.92 Å². The first-order valence-electron chi connectivity index (χ1n) is 8.19. The maximum absolute atomic E-state index is 12.7. The first-order chi connectivity index (χ1) is 9.57. The van der Waals surface area contributed by atoms with E-state index in [0.29, 0.717) is 0 Å². The van der Waals surface area contributed by atoms with Crippen molar-refractivity contribution in [1.29, 1.82) is 0 Å². The highest BCUT2D eigenvalue weighted by Crippen LogP contribution is 2.30. The highest BCUT2D eigenvalue weighted by atomic mass is 16.2. The van der Waals surface area contributed by atoms with E-state index in [2.05, 4.69) is 6.92 Å². The fraction of sp³-hybridized carbons (Fsp3) is 0.875. The predicted octanol–water partition coefficient (Wildman–Crippen LogP) is 2.42. The largest absolute Gasteiger partial charge is 0.329 e. The number of nitrogens with zero attached hydrogens (tertiary/aromatic N) is 2. The van der Waals surface area contributed by atoms with Crippen molar-refractivity contribution in [3.63, 3.8) is 0 Å². The van der Waals surface area contributed by atoms with Gasteiger partial charge in [-0.1, -0.05) is 40.0 Å². The van der Waals surface area contributed by atoms with Gasteiger partial charge in [0.25, 0.3) is 0 Å². The van der Waals surface area contributed by atoms with Crippen molar-refractivity contribution in [2.24, 2.45) is 5.92 Å². The van der Waals surface area contributed by atoms with E-state index in [9.17, 15) is 9.59 Å².